The van der Waals surface area contributed by atoms with Crippen LogP contribution in [0.1, 0.15) is 29.4 Å². The molecular weight excluding hydrogens is 238 g/mol. The van der Waals surface area contributed by atoms with E-state index in [-0.39, 0.29) is 0 Å². The Balaban J connectivity index is 1.58. The van der Waals surface area contributed by atoms with Crippen molar-refractivity contribution in [1.29, 1.82) is 0 Å². The summed E-state index contributed by atoms with van der Waals surface area (Å²) >= 11 is 0. The van der Waals surface area contributed by atoms with Crippen LogP contribution in [-0.2, 0) is 19.9 Å². The Kier molecular flexibility index (Phi) is 3.21. The van der Waals surface area contributed by atoms with Gasteiger partial charge >= 0.3 is 0 Å². The predicted octanol–water partition coefficient (Wildman–Crippen LogP) is 1.22. The summed E-state index contributed by atoms with van der Waals surface area (Å²) in [5.74, 6) is 0.894. The number of nitrogens with zero attached hydrogens (tertiary/aromatic N) is 3. The zero-order valence-electron chi connectivity index (χ0n) is 11.1. The Morgan fingerprint density at radius 2 is 2.37 bits per heavy atom. The van der Waals surface area contributed by atoms with E-state index < -0.39 is 0 Å². The van der Waals surface area contributed by atoms with Crippen LogP contribution < -0.4 is 11.1 Å². The second kappa shape index (κ2) is 5.01. The molecule has 0 saturated carbocycles. The van der Waals surface area contributed by atoms with Crippen LogP contribution in [-0.4, -0.2) is 21.3 Å². The molecule has 0 saturated heterocycles. The minimum atomic E-state index is 0.444. The highest BCUT2D eigenvalue weighted by Gasteiger charge is 2.21. The second-order valence-electron chi connectivity index (χ2n) is 5.09. The molecule has 0 radical (unpaired) electrons. The van der Waals surface area contributed by atoms with E-state index in [2.05, 4.69) is 27.5 Å². The molecule has 2 aromatic rings. The fourth-order valence-corrected chi connectivity index (χ4v) is 2.71. The first-order valence-corrected chi connectivity index (χ1v) is 6.68. The SMILES string of the molecule is Cn1cnc(CCNC2CCc3cc(N)ccc32)n1. The molecule has 0 spiro atoms. The molecule has 0 fully saturated rings. The topological polar surface area (TPSA) is 68.8 Å². The van der Waals surface area contributed by atoms with Gasteiger partial charge in [-0.1, -0.05) is 6.07 Å². The number of nitrogen functional groups attached to an aromatic ring is 1. The first kappa shape index (κ1) is 12.2. The molecular formula is C14H19N5. The van der Waals surface area contributed by atoms with Crippen molar-refractivity contribution in [2.24, 2.45) is 7.05 Å². The third-order valence-electron chi connectivity index (χ3n) is 3.63. The lowest BCUT2D eigenvalue weighted by Crippen LogP contribution is -2.22. The number of nitrogens with two attached hydrogens (primary N) is 1. The quantitative estimate of drug-likeness (QED) is 0.808. The summed E-state index contributed by atoms with van der Waals surface area (Å²) in [5, 5.41) is 7.86. The number of benzene rings is 1. The Bertz CT molecular complexity index is 575. The molecule has 1 unspecified atom stereocenters. The summed E-state index contributed by atoms with van der Waals surface area (Å²) < 4.78 is 1.74. The van der Waals surface area contributed by atoms with Crippen LogP contribution >= 0.6 is 0 Å². The zero-order chi connectivity index (χ0) is 13.2. The monoisotopic (exact) mass is 257 g/mol. The van der Waals surface area contributed by atoms with E-state index in [1.165, 1.54) is 11.1 Å². The van der Waals surface area contributed by atoms with Crippen LogP contribution in [0.25, 0.3) is 0 Å². The van der Waals surface area contributed by atoms with E-state index in [1.54, 1.807) is 11.0 Å². The van der Waals surface area contributed by atoms with Crippen LogP contribution in [0.2, 0.25) is 0 Å². The third kappa shape index (κ3) is 2.61. The number of hydrogen-bond donors (Lipinski definition) is 2. The molecule has 1 aliphatic rings. The maximum Gasteiger partial charge on any atom is 0.151 e. The van der Waals surface area contributed by atoms with Gasteiger partial charge in [-0.25, -0.2) is 4.98 Å². The number of rotatable bonds is 4. The number of hydrogen-bond acceptors (Lipinski definition) is 4. The van der Waals surface area contributed by atoms with Crippen molar-refractivity contribution < 1.29 is 0 Å². The molecule has 0 amide bonds. The molecule has 5 heteroatoms. The molecule has 1 heterocycles. The lowest BCUT2D eigenvalue weighted by Gasteiger charge is -2.13. The number of anilines is 1. The van der Waals surface area contributed by atoms with Gasteiger partial charge in [0.15, 0.2) is 5.82 Å². The van der Waals surface area contributed by atoms with Crippen LogP contribution in [0.5, 0.6) is 0 Å². The molecule has 5 nitrogen and oxygen atoms in total. The van der Waals surface area contributed by atoms with Gasteiger partial charge in [0.1, 0.15) is 6.33 Å². The molecule has 3 N–H and O–H groups in total. The summed E-state index contributed by atoms with van der Waals surface area (Å²) in [6, 6.07) is 6.67. The van der Waals surface area contributed by atoms with Gasteiger partial charge in [-0.2, -0.15) is 5.10 Å². The van der Waals surface area contributed by atoms with E-state index >= 15 is 0 Å². The van der Waals surface area contributed by atoms with Crippen molar-refractivity contribution in [1.82, 2.24) is 20.1 Å². The van der Waals surface area contributed by atoms with Gasteiger partial charge in [-0.3, -0.25) is 4.68 Å². The van der Waals surface area contributed by atoms with E-state index in [1.807, 2.05) is 13.1 Å². The Morgan fingerprint density at radius 1 is 1.47 bits per heavy atom. The Hall–Kier alpha value is -1.88. The normalized spacial score (nSPS) is 17.6. The maximum absolute atomic E-state index is 5.82. The van der Waals surface area contributed by atoms with Gasteiger partial charge in [0.25, 0.3) is 0 Å². The van der Waals surface area contributed by atoms with Crippen LogP contribution in [0.15, 0.2) is 24.5 Å². The van der Waals surface area contributed by atoms with Crippen molar-refractivity contribution in [2.75, 3.05) is 12.3 Å². The lowest BCUT2D eigenvalue weighted by atomic mass is 10.1. The molecule has 1 aliphatic carbocycles. The summed E-state index contributed by atoms with van der Waals surface area (Å²) in [6.45, 7) is 0.901. The molecule has 100 valence electrons. The van der Waals surface area contributed by atoms with Crippen molar-refractivity contribution in [2.45, 2.75) is 25.3 Å². The molecule has 1 aromatic heterocycles. The summed E-state index contributed by atoms with van der Waals surface area (Å²) in [4.78, 5) is 4.23. The van der Waals surface area contributed by atoms with Crippen molar-refractivity contribution in [3.63, 3.8) is 0 Å². The van der Waals surface area contributed by atoms with Gasteiger partial charge < -0.3 is 11.1 Å². The number of aromatic nitrogens is 3. The zero-order valence-corrected chi connectivity index (χ0v) is 11.1. The average molecular weight is 257 g/mol. The van der Waals surface area contributed by atoms with Gasteiger partial charge in [-0.05, 0) is 36.1 Å². The minimum absolute atomic E-state index is 0.444. The minimum Gasteiger partial charge on any atom is -0.399 e. The van der Waals surface area contributed by atoms with Crippen LogP contribution in [0, 0.1) is 0 Å². The first-order chi connectivity index (χ1) is 9.22. The first-order valence-electron chi connectivity index (χ1n) is 6.68. The predicted molar refractivity (Wildman–Crippen MR) is 74.6 cm³/mol. The molecule has 3 rings (SSSR count). The van der Waals surface area contributed by atoms with Crippen molar-refractivity contribution in [3.8, 4) is 0 Å². The highest BCUT2D eigenvalue weighted by molar-refractivity contribution is 5.47. The molecule has 1 atom stereocenters. The Labute approximate surface area is 112 Å². The highest BCUT2D eigenvalue weighted by Crippen LogP contribution is 2.32. The highest BCUT2D eigenvalue weighted by atomic mass is 15.3. The maximum atomic E-state index is 5.82. The summed E-state index contributed by atoms with van der Waals surface area (Å²) in [6.07, 6.45) is 4.86. The number of aryl methyl sites for hydroxylation is 2. The van der Waals surface area contributed by atoms with Crippen molar-refractivity contribution in [3.05, 3.63) is 41.5 Å². The Morgan fingerprint density at radius 3 is 3.16 bits per heavy atom. The molecule has 1 aromatic carbocycles. The largest absolute Gasteiger partial charge is 0.399 e. The van der Waals surface area contributed by atoms with E-state index in [0.29, 0.717) is 6.04 Å². The summed E-state index contributed by atoms with van der Waals surface area (Å²) in [7, 11) is 1.89. The van der Waals surface area contributed by atoms with E-state index in [0.717, 1.165) is 37.3 Å². The summed E-state index contributed by atoms with van der Waals surface area (Å²) in [5.41, 5.74) is 9.45. The van der Waals surface area contributed by atoms with Gasteiger partial charge in [0, 0.05) is 31.7 Å². The number of nitrogens with one attached hydrogen (secondary N) is 1. The van der Waals surface area contributed by atoms with E-state index in [9.17, 15) is 0 Å². The van der Waals surface area contributed by atoms with Crippen molar-refractivity contribution >= 4 is 5.69 Å². The fourth-order valence-electron chi connectivity index (χ4n) is 2.71. The smallest absolute Gasteiger partial charge is 0.151 e. The third-order valence-corrected chi connectivity index (χ3v) is 3.63. The average Bonchev–Trinajstić information content (AvgIpc) is 2.96. The van der Waals surface area contributed by atoms with Crippen LogP contribution in [0.3, 0.4) is 0 Å². The van der Waals surface area contributed by atoms with E-state index in [4.69, 9.17) is 5.73 Å². The molecule has 19 heavy (non-hydrogen) atoms. The standard InChI is InChI=1S/C14H19N5/c1-19-9-17-14(18-19)6-7-16-13-5-2-10-8-11(15)3-4-12(10)13/h3-4,8-9,13,16H,2,5-7,15H2,1H3. The van der Waals surface area contributed by atoms with Gasteiger partial charge in [0.2, 0.25) is 0 Å². The lowest BCUT2D eigenvalue weighted by molar-refractivity contribution is 0.528. The fraction of sp³-hybridized carbons (Fsp3) is 0.429. The van der Waals surface area contributed by atoms with Gasteiger partial charge in [0.05, 0.1) is 0 Å². The van der Waals surface area contributed by atoms with Crippen LogP contribution in [0.4, 0.5) is 5.69 Å². The second-order valence-corrected chi connectivity index (χ2v) is 5.09. The van der Waals surface area contributed by atoms with Gasteiger partial charge in [-0.15, -0.1) is 0 Å². The molecule has 0 bridgehead atoms. The number of fused-ring (bicyclic) bond motifs is 1. The molecule has 0 aliphatic heterocycles.